The van der Waals surface area contributed by atoms with Crippen molar-refractivity contribution in [1.82, 2.24) is 15.4 Å². The average Bonchev–Trinajstić information content (AvgIpc) is 3.13. The Hall–Kier alpha value is -2.00. The second-order valence-corrected chi connectivity index (χ2v) is 8.40. The SMILES string of the molecule is CCNC(=NCCNS(=O)(=O)CC)NC1CCN(c2ccccc2OC)C1. The maximum Gasteiger partial charge on any atom is 0.211 e. The zero-order chi connectivity index (χ0) is 19.7. The largest absolute Gasteiger partial charge is 0.495 e. The summed E-state index contributed by atoms with van der Waals surface area (Å²) < 4.78 is 30.9. The van der Waals surface area contributed by atoms with Crippen LogP contribution in [0, 0.1) is 0 Å². The summed E-state index contributed by atoms with van der Waals surface area (Å²) in [6, 6.07) is 8.29. The summed E-state index contributed by atoms with van der Waals surface area (Å²) in [5.74, 6) is 1.66. The van der Waals surface area contributed by atoms with Crippen LogP contribution in [0.1, 0.15) is 20.3 Å². The maximum atomic E-state index is 11.5. The van der Waals surface area contributed by atoms with Gasteiger partial charge in [0.05, 0.1) is 25.1 Å². The van der Waals surface area contributed by atoms with E-state index in [1.807, 2.05) is 25.1 Å². The van der Waals surface area contributed by atoms with E-state index in [1.54, 1.807) is 14.0 Å². The molecule has 3 N–H and O–H groups in total. The van der Waals surface area contributed by atoms with Gasteiger partial charge in [-0.2, -0.15) is 0 Å². The number of hydrogen-bond donors (Lipinski definition) is 3. The number of nitrogens with zero attached hydrogens (tertiary/aromatic N) is 2. The maximum absolute atomic E-state index is 11.5. The van der Waals surface area contributed by atoms with Crippen LogP contribution in [-0.2, 0) is 10.0 Å². The molecule has 0 spiro atoms. The summed E-state index contributed by atoms with van der Waals surface area (Å²) in [5.41, 5.74) is 1.10. The van der Waals surface area contributed by atoms with Crippen molar-refractivity contribution in [3.63, 3.8) is 0 Å². The van der Waals surface area contributed by atoms with Crippen molar-refractivity contribution in [2.45, 2.75) is 26.3 Å². The molecule has 1 unspecified atom stereocenters. The third-order valence-corrected chi connectivity index (χ3v) is 5.79. The van der Waals surface area contributed by atoms with Gasteiger partial charge < -0.3 is 20.3 Å². The predicted molar refractivity (Wildman–Crippen MR) is 110 cm³/mol. The highest BCUT2D eigenvalue weighted by molar-refractivity contribution is 7.89. The number of hydrogen-bond acceptors (Lipinski definition) is 5. The smallest absolute Gasteiger partial charge is 0.211 e. The fraction of sp³-hybridized carbons (Fsp3) is 0.611. The van der Waals surface area contributed by atoms with Crippen molar-refractivity contribution in [3.05, 3.63) is 24.3 Å². The van der Waals surface area contributed by atoms with Gasteiger partial charge in [0.15, 0.2) is 5.96 Å². The van der Waals surface area contributed by atoms with E-state index in [-0.39, 0.29) is 11.8 Å². The molecular weight excluding hydrogens is 366 g/mol. The zero-order valence-corrected chi connectivity index (χ0v) is 17.2. The first-order valence-electron chi connectivity index (χ1n) is 9.39. The molecule has 1 aliphatic heterocycles. The molecule has 8 nitrogen and oxygen atoms in total. The van der Waals surface area contributed by atoms with Gasteiger partial charge in [-0.1, -0.05) is 12.1 Å². The highest BCUT2D eigenvalue weighted by atomic mass is 32.2. The van der Waals surface area contributed by atoms with E-state index < -0.39 is 10.0 Å². The molecule has 1 heterocycles. The second-order valence-electron chi connectivity index (χ2n) is 6.31. The van der Waals surface area contributed by atoms with Gasteiger partial charge in [0.2, 0.25) is 10.0 Å². The third kappa shape index (κ3) is 6.59. The monoisotopic (exact) mass is 397 g/mol. The second kappa shape index (κ2) is 10.4. The standard InChI is InChI=1S/C18H31N5O3S/c1-4-19-18(20-11-12-21-27(24,25)5-2)22-15-10-13-23(14-15)16-8-6-7-9-17(16)26-3/h6-9,15,21H,4-5,10-14H2,1-3H3,(H2,19,20,22). The van der Waals surface area contributed by atoms with E-state index in [2.05, 4.69) is 31.3 Å². The van der Waals surface area contributed by atoms with Gasteiger partial charge in [0.1, 0.15) is 5.75 Å². The van der Waals surface area contributed by atoms with E-state index in [0.717, 1.165) is 37.5 Å². The van der Waals surface area contributed by atoms with Crippen molar-refractivity contribution < 1.29 is 13.2 Å². The number of anilines is 1. The molecule has 27 heavy (non-hydrogen) atoms. The summed E-state index contributed by atoms with van der Waals surface area (Å²) in [7, 11) is -1.49. The molecule has 0 radical (unpaired) electrons. The molecule has 0 amide bonds. The number of methoxy groups -OCH3 is 1. The van der Waals surface area contributed by atoms with Gasteiger partial charge in [0.25, 0.3) is 0 Å². The molecule has 0 aromatic heterocycles. The van der Waals surface area contributed by atoms with Crippen LogP contribution in [-0.4, -0.2) is 66.0 Å². The molecular formula is C18H31N5O3S. The lowest BCUT2D eigenvalue weighted by Gasteiger charge is -2.22. The number of nitrogens with one attached hydrogen (secondary N) is 3. The Bertz CT molecular complexity index is 723. The molecule has 1 aromatic carbocycles. The molecule has 0 bridgehead atoms. The molecule has 152 valence electrons. The Balaban J connectivity index is 1.90. The molecule has 0 aliphatic carbocycles. The Kier molecular flexibility index (Phi) is 8.18. The highest BCUT2D eigenvalue weighted by Crippen LogP contribution is 2.30. The number of guanidine groups is 1. The molecule has 1 aromatic rings. The minimum Gasteiger partial charge on any atom is -0.495 e. The Morgan fingerprint density at radius 2 is 2.11 bits per heavy atom. The zero-order valence-electron chi connectivity index (χ0n) is 16.4. The molecule has 1 atom stereocenters. The van der Waals surface area contributed by atoms with E-state index in [9.17, 15) is 8.42 Å². The quantitative estimate of drug-likeness (QED) is 0.324. The molecule has 1 saturated heterocycles. The summed E-state index contributed by atoms with van der Waals surface area (Å²) in [5, 5.41) is 6.66. The van der Waals surface area contributed by atoms with Crippen molar-refractivity contribution in [2.75, 3.05) is 50.5 Å². The lowest BCUT2D eigenvalue weighted by Crippen LogP contribution is -2.45. The number of aliphatic imine (C=N–C) groups is 1. The van der Waals surface area contributed by atoms with E-state index >= 15 is 0 Å². The summed E-state index contributed by atoms with van der Waals surface area (Å²) >= 11 is 0. The Morgan fingerprint density at radius 1 is 1.33 bits per heavy atom. The summed E-state index contributed by atoms with van der Waals surface area (Å²) in [4.78, 5) is 6.77. The van der Waals surface area contributed by atoms with Crippen LogP contribution in [0.5, 0.6) is 5.75 Å². The predicted octanol–water partition coefficient (Wildman–Crippen LogP) is 0.768. The number of benzene rings is 1. The number of sulfonamides is 1. The van der Waals surface area contributed by atoms with Crippen LogP contribution in [0.3, 0.4) is 0 Å². The lowest BCUT2D eigenvalue weighted by atomic mass is 10.2. The summed E-state index contributed by atoms with van der Waals surface area (Å²) in [6.45, 7) is 6.84. The molecule has 0 saturated carbocycles. The minimum atomic E-state index is -3.18. The molecule has 1 aliphatic rings. The fourth-order valence-corrected chi connectivity index (χ4v) is 3.58. The summed E-state index contributed by atoms with van der Waals surface area (Å²) in [6.07, 6.45) is 0.991. The third-order valence-electron chi connectivity index (χ3n) is 4.38. The minimum absolute atomic E-state index is 0.0793. The fourth-order valence-electron chi connectivity index (χ4n) is 2.97. The average molecular weight is 398 g/mol. The molecule has 1 fully saturated rings. The van der Waals surface area contributed by atoms with Crippen LogP contribution in [0.4, 0.5) is 5.69 Å². The molecule has 9 heteroatoms. The van der Waals surface area contributed by atoms with E-state index in [1.165, 1.54) is 0 Å². The van der Waals surface area contributed by atoms with Crippen LogP contribution >= 0.6 is 0 Å². The van der Waals surface area contributed by atoms with Gasteiger partial charge >= 0.3 is 0 Å². The van der Waals surface area contributed by atoms with E-state index in [0.29, 0.717) is 19.0 Å². The number of ether oxygens (including phenoxy) is 1. The first kappa shape index (κ1) is 21.3. The number of para-hydroxylation sites is 2. The van der Waals surface area contributed by atoms with Gasteiger partial charge in [-0.05, 0) is 32.4 Å². The normalized spacial score (nSPS) is 17.8. The van der Waals surface area contributed by atoms with Crippen LogP contribution in [0.15, 0.2) is 29.3 Å². The lowest BCUT2D eigenvalue weighted by molar-refractivity contribution is 0.415. The Morgan fingerprint density at radius 3 is 2.81 bits per heavy atom. The van der Waals surface area contributed by atoms with Gasteiger partial charge in [-0.3, -0.25) is 4.99 Å². The van der Waals surface area contributed by atoms with Crippen molar-refractivity contribution in [3.8, 4) is 5.75 Å². The van der Waals surface area contributed by atoms with Crippen LogP contribution in [0.2, 0.25) is 0 Å². The van der Waals surface area contributed by atoms with Gasteiger partial charge in [-0.15, -0.1) is 0 Å². The highest BCUT2D eigenvalue weighted by Gasteiger charge is 2.25. The van der Waals surface area contributed by atoms with Crippen LogP contribution in [0.25, 0.3) is 0 Å². The van der Waals surface area contributed by atoms with Gasteiger partial charge in [0, 0.05) is 32.2 Å². The first-order valence-corrected chi connectivity index (χ1v) is 11.0. The molecule has 2 rings (SSSR count). The van der Waals surface area contributed by atoms with Crippen molar-refractivity contribution >= 4 is 21.7 Å². The van der Waals surface area contributed by atoms with Gasteiger partial charge in [-0.25, -0.2) is 13.1 Å². The topological polar surface area (TPSA) is 95.1 Å². The van der Waals surface area contributed by atoms with Crippen LogP contribution < -0.4 is 25.0 Å². The van der Waals surface area contributed by atoms with E-state index in [4.69, 9.17) is 4.74 Å². The number of rotatable bonds is 9. The Labute approximate surface area is 162 Å². The van der Waals surface area contributed by atoms with Crippen molar-refractivity contribution in [1.29, 1.82) is 0 Å². The first-order chi connectivity index (χ1) is 13.0. The van der Waals surface area contributed by atoms with Crippen molar-refractivity contribution in [2.24, 2.45) is 4.99 Å².